The number of carbonyl (C=O) groups is 3. The molecule has 1 N–H and O–H groups in total. The van der Waals surface area contributed by atoms with Gasteiger partial charge in [-0.1, -0.05) is 30.3 Å². The Kier molecular flexibility index (Phi) is 7.00. The van der Waals surface area contributed by atoms with Gasteiger partial charge in [0, 0.05) is 32.6 Å². The molecule has 2 fully saturated rings. The highest BCUT2D eigenvalue weighted by Gasteiger charge is 2.39. The smallest absolute Gasteiger partial charge is 0.407 e. The molecule has 1 aromatic carbocycles. The van der Waals surface area contributed by atoms with E-state index in [1.54, 1.807) is 4.90 Å². The summed E-state index contributed by atoms with van der Waals surface area (Å²) in [5.41, 5.74) is 0.499. The molecule has 0 radical (unpaired) electrons. The highest BCUT2D eigenvalue weighted by Crippen LogP contribution is 2.25. The SMILES string of the molecule is CC(C)(C)OC(=O)NC[C@H]1CCCN(C(=O)[C@@H]2CCC(=O)N2Cc2ccccc2)C1. The lowest BCUT2D eigenvalue weighted by Gasteiger charge is -2.36. The number of piperidine rings is 1. The first-order valence-corrected chi connectivity index (χ1v) is 10.8. The second-order valence-corrected chi connectivity index (χ2v) is 9.24. The van der Waals surface area contributed by atoms with E-state index in [0.717, 1.165) is 18.4 Å². The average molecular weight is 416 g/mol. The first-order chi connectivity index (χ1) is 14.2. The number of carbonyl (C=O) groups excluding carboxylic acids is 3. The fourth-order valence-corrected chi connectivity index (χ4v) is 4.15. The molecule has 7 nitrogen and oxygen atoms in total. The summed E-state index contributed by atoms with van der Waals surface area (Å²) in [6.45, 7) is 7.74. The molecule has 0 bridgehead atoms. The molecule has 1 aromatic rings. The number of hydrogen-bond donors (Lipinski definition) is 1. The molecule has 2 heterocycles. The molecule has 0 aliphatic carbocycles. The lowest BCUT2D eigenvalue weighted by Crippen LogP contribution is -2.51. The van der Waals surface area contributed by atoms with E-state index >= 15 is 0 Å². The van der Waals surface area contributed by atoms with Gasteiger partial charge in [-0.05, 0) is 51.5 Å². The first-order valence-electron chi connectivity index (χ1n) is 10.8. The Morgan fingerprint density at radius 1 is 1.17 bits per heavy atom. The number of amides is 3. The minimum Gasteiger partial charge on any atom is -0.444 e. The highest BCUT2D eigenvalue weighted by atomic mass is 16.6. The number of ether oxygens (including phenoxy) is 1. The molecule has 164 valence electrons. The monoisotopic (exact) mass is 415 g/mol. The van der Waals surface area contributed by atoms with Crippen LogP contribution < -0.4 is 5.32 Å². The number of rotatable bonds is 5. The van der Waals surface area contributed by atoms with Crippen molar-refractivity contribution in [1.82, 2.24) is 15.1 Å². The van der Waals surface area contributed by atoms with E-state index in [9.17, 15) is 14.4 Å². The summed E-state index contributed by atoms with van der Waals surface area (Å²) in [6, 6.07) is 9.39. The number of nitrogens with one attached hydrogen (secondary N) is 1. The molecule has 2 aliphatic rings. The molecule has 2 atom stereocenters. The molecule has 0 saturated carbocycles. The van der Waals surface area contributed by atoms with Crippen molar-refractivity contribution in [1.29, 1.82) is 0 Å². The molecule has 0 aromatic heterocycles. The van der Waals surface area contributed by atoms with Crippen molar-refractivity contribution in [3.63, 3.8) is 0 Å². The van der Waals surface area contributed by atoms with Crippen LogP contribution in [0.4, 0.5) is 4.79 Å². The Hall–Kier alpha value is -2.57. The number of hydrogen-bond acceptors (Lipinski definition) is 4. The van der Waals surface area contributed by atoms with E-state index in [2.05, 4.69) is 5.32 Å². The predicted molar refractivity (Wildman–Crippen MR) is 114 cm³/mol. The maximum Gasteiger partial charge on any atom is 0.407 e. The maximum atomic E-state index is 13.2. The van der Waals surface area contributed by atoms with Gasteiger partial charge in [0.1, 0.15) is 11.6 Å². The van der Waals surface area contributed by atoms with E-state index in [4.69, 9.17) is 4.74 Å². The Morgan fingerprint density at radius 2 is 1.90 bits per heavy atom. The normalized spacial score (nSPS) is 22.2. The molecular weight excluding hydrogens is 382 g/mol. The molecule has 3 amide bonds. The van der Waals surface area contributed by atoms with Crippen LogP contribution in [0.2, 0.25) is 0 Å². The number of likely N-dealkylation sites (tertiary alicyclic amines) is 2. The van der Waals surface area contributed by atoms with Crippen LogP contribution in [0.1, 0.15) is 52.0 Å². The van der Waals surface area contributed by atoms with Crippen molar-refractivity contribution in [3.05, 3.63) is 35.9 Å². The van der Waals surface area contributed by atoms with Crippen molar-refractivity contribution in [2.24, 2.45) is 5.92 Å². The van der Waals surface area contributed by atoms with Gasteiger partial charge in [0.25, 0.3) is 0 Å². The summed E-state index contributed by atoms with van der Waals surface area (Å²) < 4.78 is 5.29. The van der Waals surface area contributed by atoms with Gasteiger partial charge in [-0.3, -0.25) is 9.59 Å². The van der Waals surface area contributed by atoms with Crippen molar-refractivity contribution >= 4 is 17.9 Å². The Labute approximate surface area is 178 Å². The van der Waals surface area contributed by atoms with Crippen LogP contribution in [0.3, 0.4) is 0 Å². The topological polar surface area (TPSA) is 79.0 Å². The lowest BCUT2D eigenvalue weighted by molar-refractivity contribution is -0.143. The summed E-state index contributed by atoms with van der Waals surface area (Å²) in [6.07, 6.45) is 2.41. The minimum absolute atomic E-state index is 0.0266. The highest BCUT2D eigenvalue weighted by molar-refractivity contribution is 5.91. The number of nitrogens with zero attached hydrogens (tertiary/aromatic N) is 2. The molecule has 2 aliphatic heterocycles. The molecule has 2 saturated heterocycles. The first kappa shape index (κ1) is 22.1. The summed E-state index contributed by atoms with van der Waals surface area (Å²) in [4.78, 5) is 41.2. The molecule has 3 rings (SSSR count). The number of alkyl carbamates (subject to hydrolysis) is 1. The Morgan fingerprint density at radius 3 is 2.60 bits per heavy atom. The molecule has 30 heavy (non-hydrogen) atoms. The zero-order valence-electron chi connectivity index (χ0n) is 18.2. The van der Waals surface area contributed by atoms with Crippen LogP contribution in [0, 0.1) is 5.92 Å². The van der Waals surface area contributed by atoms with Gasteiger partial charge in [0.05, 0.1) is 0 Å². The molecule has 0 unspecified atom stereocenters. The van der Waals surface area contributed by atoms with Crippen LogP contribution in [0.25, 0.3) is 0 Å². The van der Waals surface area contributed by atoms with Gasteiger partial charge in [-0.2, -0.15) is 0 Å². The predicted octanol–water partition coefficient (Wildman–Crippen LogP) is 2.94. The average Bonchev–Trinajstić information content (AvgIpc) is 3.06. The van der Waals surface area contributed by atoms with Crippen LogP contribution >= 0.6 is 0 Å². The fraction of sp³-hybridized carbons (Fsp3) is 0.609. The molecule has 7 heteroatoms. The second kappa shape index (κ2) is 9.49. The van der Waals surface area contributed by atoms with Crippen LogP contribution in [0.5, 0.6) is 0 Å². The van der Waals surface area contributed by atoms with Crippen molar-refractivity contribution in [2.75, 3.05) is 19.6 Å². The van der Waals surface area contributed by atoms with Crippen LogP contribution in [-0.2, 0) is 20.9 Å². The summed E-state index contributed by atoms with van der Waals surface area (Å²) >= 11 is 0. The van der Waals surface area contributed by atoms with Gasteiger partial charge < -0.3 is 19.9 Å². The van der Waals surface area contributed by atoms with Gasteiger partial charge in [0.15, 0.2) is 0 Å². The maximum absolute atomic E-state index is 13.2. The van der Waals surface area contributed by atoms with E-state index in [0.29, 0.717) is 39.0 Å². The van der Waals surface area contributed by atoms with Crippen molar-refractivity contribution in [2.45, 2.75) is 64.6 Å². The van der Waals surface area contributed by atoms with E-state index in [-0.39, 0.29) is 17.7 Å². The van der Waals surface area contributed by atoms with Gasteiger partial charge in [-0.15, -0.1) is 0 Å². The van der Waals surface area contributed by atoms with E-state index in [1.165, 1.54) is 0 Å². The third-order valence-electron chi connectivity index (χ3n) is 5.57. The Balaban J connectivity index is 1.56. The van der Waals surface area contributed by atoms with Crippen molar-refractivity contribution in [3.8, 4) is 0 Å². The van der Waals surface area contributed by atoms with Gasteiger partial charge in [-0.25, -0.2) is 4.79 Å². The third-order valence-corrected chi connectivity index (χ3v) is 5.57. The van der Waals surface area contributed by atoms with E-state index < -0.39 is 17.7 Å². The van der Waals surface area contributed by atoms with Crippen LogP contribution in [0.15, 0.2) is 30.3 Å². The van der Waals surface area contributed by atoms with E-state index in [1.807, 2.05) is 56.0 Å². The lowest BCUT2D eigenvalue weighted by atomic mass is 9.97. The van der Waals surface area contributed by atoms with Crippen LogP contribution in [-0.4, -0.2) is 59.0 Å². The minimum atomic E-state index is -0.532. The third kappa shape index (κ3) is 5.97. The summed E-state index contributed by atoms with van der Waals surface area (Å²) in [7, 11) is 0. The van der Waals surface area contributed by atoms with Crippen molar-refractivity contribution < 1.29 is 19.1 Å². The second-order valence-electron chi connectivity index (χ2n) is 9.24. The molecular formula is C23H33N3O4. The van der Waals surface area contributed by atoms with Gasteiger partial charge >= 0.3 is 6.09 Å². The summed E-state index contributed by atoms with van der Waals surface area (Å²) in [5.74, 6) is 0.256. The molecule has 0 spiro atoms. The van der Waals surface area contributed by atoms with Gasteiger partial charge in [0.2, 0.25) is 11.8 Å². The largest absolute Gasteiger partial charge is 0.444 e. The zero-order valence-corrected chi connectivity index (χ0v) is 18.2. The Bertz CT molecular complexity index is 759. The fourth-order valence-electron chi connectivity index (χ4n) is 4.15. The standard InChI is InChI=1S/C23H33N3O4/c1-23(2,3)30-22(29)24-14-18-10-7-13-25(15-18)21(28)19-11-12-20(27)26(19)16-17-8-5-4-6-9-17/h4-6,8-9,18-19H,7,10-16H2,1-3H3,(H,24,29)/t18-,19+/m1/s1. The number of benzene rings is 1. The quantitative estimate of drug-likeness (QED) is 0.802. The zero-order chi connectivity index (χ0) is 21.7. The summed E-state index contributed by atoms with van der Waals surface area (Å²) in [5, 5.41) is 2.82.